The van der Waals surface area contributed by atoms with Crippen molar-refractivity contribution < 1.29 is 14.7 Å². The van der Waals surface area contributed by atoms with Gasteiger partial charge in [0, 0.05) is 0 Å². The molecule has 1 aromatic heterocycles. The van der Waals surface area contributed by atoms with E-state index in [4.69, 9.17) is 0 Å². The quantitative estimate of drug-likeness (QED) is 0.806. The monoisotopic (exact) mass is 330 g/mol. The number of nitrogens with one attached hydrogen (secondary N) is 1. The fourth-order valence-corrected chi connectivity index (χ4v) is 2.43. The number of carbonyl (C=O) groups excluding carboxylic acids is 1. The Labute approximate surface area is 140 Å². The van der Waals surface area contributed by atoms with Gasteiger partial charge in [-0.05, 0) is 31.4 Å². The first-order valence-electron chi connectivity index (χ1n) is 7.87. The molecule has 0 saturated carbocycles. The molecule has 1 amide bonds. The molecule has 7 nitrogen and oxygen atoms in total. The minimum Gasteiger partial charge on any atom is -0.480 e. The van der Waals surface area contributed by atoms with Crippen LogP contribution in [0.4, 0.5) is 0 Å². The number of benzene rings is 1. The molecule has 1 atom stereocenters. The fourth-order valence-electron chi connectivity index (χ4n) is 2.43. The van der Waals surface area contributed by atoms with Crippen LogP contribution in [0.15, 0.2) is 30.3 Å². The second-order valence-corrected chi connectivity index (χ2v) is 6.13. The molecule has 0 bridgehead atoms. The van der Waals surface area contributed by atoms with Crippen LogP contribution in [0.25, 0.3) is 5.69 Å². The lowest BCUT2D eigenvalue weighted by Gasteiger charge is -2.16. The number of carbonyl (C=O) groups is 2. The summed E-state index contributed by atoms with van der Waals surface area (Å²) in [5, 5.41) is 19.9. The topological polar surface area (TPSA) is 97.1 Å². The smallest absolute Gasteiger partial charge is 0.326 e. The molecule has 2 N–H and O–H groups in total. The fraction of sp³-hybridized carbons (Fsp3) is 0.412. The van der Waals surface area contributed by atoms with Crippen molar-refractivity contribution in [1.29, 1.82) is 0 Å². The zero-order chi connectivity index (χ0) is 17.7. The molecule has 0 radical (unpaired) electrons. The number of hydrogen-bond donors (Lipinski definition) is 2. The van der Waals surface area contributed by atoms with Gasteiger partial charge in [-0.1, -0.05) is 37.3 Å². The molecule has 7 heteroatoms. The number of para-hydroxylation sites is 1. The van der Waals surface area contributed by atoms with E-state index in [2.05, 4.69) is 15.6 Å². The highest BCUT2D eigenvalue weighted by atomic mass is 16.4. The molecule has 0 spiro atoms. The molecule has 2 aromatic rings. The molecule has 128 valence electrons. The molecule has 0 unspecified atom stereocenters. The van der Waals surface area contributed by atoms with E-state index in [1.807, 2.05) is 51.1 Å². The van der Waals surface area contributed by atoms with Gasteiger partial charge in [0.15, 0.2) is 0 Å². The van der Waals surface area contributed by atoms with E-state index in [9.17, 15) is 14.7 Å². The lowest BCUT2D eigenvalue weighted by molar-refractivity contribution is -0.142. The minimum atomic E-state index is -1.03. The third-order valence-electron chi connectivity index (χ3n) is 3.66. The first-order valence-corrected chi connectivity index (χ1v) is 7.87. The summed E-state index contributed by atoms with van der Waals surface area (Å²) in [6.07, 6.45) is 0.386. The van der Waals surface area contributed by atoms with Crippen molar-refractivity contribution in [3.8, 4) is 5.69 Å². The molecule has 0 saturated heterocycles. The van der Waals surface area contributed by atoms with Crippen molar-refractivity contribution >= 4 is 11.9 Å². The van der Waals surface area contributed by atoms with Crippen LogP contribution in [0.1, 0.15) is 31.7 Å². The van der Waals surface area contributed by atoms with Crippen molar-refractivity contribution in [2.24, 2.45) is 5.92 Å². The lowest BCUT2D eigenvalue weighted by atomic mass is 10.0. The standard InChI is InChI=1S/C17H22N4O3/c1-11(2)9-15(17(23)24)18-16(22)10-14-12(3)21(20-19-14)13-7-5-4-6-8-13/h4-8,11,15H,9-10H2,1-3H3,(H,18,22)(H,23,24)/t15-/m1/s1. The van der Waals surface area contributed by atoms with E-state index in [1.54, 1.807) is 4.68 Å². The molecule has 0 aliphatic carbocycles. The number of amides is 1. The second kappa shape index (κ2) is 7.72. The first kappa shape index (κ1) is 17.7. The molecular weight excluding hydrogens is 308 g/mol. The van der Waals surface area contributed by atoms with Crippen molar-refractivity contribution in [3.05, 3.63) is 41.7 Å². The molecular formula is C17H22N4O3. The third-order valence-corrected chi connectivity index (χ3v) is 3.66. The van der Waals surface area contributed by atoms with Crippen LogP contribution < -0.4 is 5.32 Å². The van der Waals surface area contributed by atoms with Crippen molar-refractivity contribution in [2.45, 2.75) is 39.7 Å². The van der Waals surface area contributed by atoms with E-state index in [0.29, 0.717) is 12.1 Å². The van der Waals surface area contributed by atoms with Gasteiger partial charge < -0.3 is 10.4 Å². The van der Waals surface area contributed by atoms with Gasteiger partial charge in [0.2, 0.25) is 5.91 Å². The summed E-state index contributed by atoms with van der Waals surface area (Å²) >= 11 is 0. The molecule has 1 heterocycles. The minimum absolute atomic E-state index is 0.000538. The molecule has 0 fully saturated rings. The normalized spacial score (nSPS) is 12.2. The zero-order valence-corrected chi connectivity index (χ0v) is 14.1. The number of carboxylic acid groups (broad SMARTS) is 1. The Morgan fingerprint density at radius 3 is 2.50 bits per heavy atom. The van der Waals surface area contributed by atoms with Crippen LogP contribution in [-0.4, -0.2) is 38.0 Å². The highest BCUT2D eigenvalue weighted by Crippen LogP contribution is 2.12. The molecule has 24 heavy (non-hydrogen) atoms. The van der Waals surface area contributed by atoms with Crippen LogP contribution in [0.3, 0.4) is 0 Å². The van der Waals surface area contributed by atoms with Gasteiger partial charge in [-0.25, -0.2) is 9.48 Å². The molecule has 2 rings (SSSR count). The second-order valence-electron chi connectivity index (χ2n) is 6.13. The first-order chi connectivity index (χ1) is 11.4. The maximum atomic E-state index is 12.2. The Hall–Kier alpha value is -2.70. The summed E-state index contributed by atoms with van der Waals surface area (Å²) in [6, 6.07) is 8.61. The number of hydrogen-bond acceptors (Lipinski definition) is 4. The van der Waals surface area contributed by atoms with Crippen LogP contribution >= 0.6 is 0 Å². The van der Waals surface area contributed by atoms with Gasteiger partial charge in [-0.3, -0.25) is 4.79 Å². The predicted octanol–water partition coefficient (Wildman–Crippen LogP) is 1.73. The zero-order valence-electron chi connectivity index (χ0n) is 14.1. The van der Waals surface area contributed by atoms with Crippen LogP contribution in [0.2, 0.25) is 0 Å². The third kappa shape index (κ3) is 4.41. The van der Waals surface area contributed by atoms with Crippen molar-refractivity contribution in [3.63, 3.8) is 0 Å². The molecule has 0 aliphatic rings. The number of nitrogens with zero attached hydrogens (tertiary/aromatic N) is 3. The van der Waals surface area contributed by atoms with E-state index in [0.717, 1.165) is 11.4 Å². The molecule has 1 aromatic carbocycles. The average molecular weight is 330 g/mol. The average Bonchev–Trinajstić information content (AvgIpc) is 2.88. The Kier molecular flexibility index (Phi) is 5.68. The van der Waals surface area contributed by atoms with Crippen molar-refractivity contribution in [1.82, 2.24) is 20.3 Å². The Morgan fingerprint density at radius 2 is 1.92 bits per heavy atom. The van der Waals surface area contributed by atoms with Crippen LogP contribution in [0, 0.1) is 12.8 Å². The number of aromatic nitrogens is 3. The van der Waals surface area contributed by atoms with Gasteiger partial charge >= 0.3 is 5.97 Å². The number of aliphatic carboxylic acids is 1. The number of rotatable bonds is 7. The van der Waals surface area contributed by atoms with Crippen LogP contribution in [-0.2, 0) is 16.0 Å². The largest absolute Gasteiger partial charge is 0.480 e. The van der Waals surface area contributed by atoms with E-state index < -0.39 is 12.0 Å². The Morgan fingerprint density at radius 1 is 1.25 bits per heavy atom. The van der Waals surface area contributed by atoms with E-state index in [1.165, 1.54) is 0 Å². The summed E-state index contributed by atoms with van der Waals surface area (Å²) in [5.74, 6) is -1.22. The maximum absolute atomic E-state index is 12.2. The van der Waals surface area contributed by atoms with Gasteiger partial charge in [-0.15, -0.1) is 5.10 Å². The maximum Gasteiger partial charge on any atom is 0.326 e. The van der Waals surface area contributed by atoms with Gasteiger partial charge in [0.1, 0.15) is 6.04 Å². The lowest BCUT2D eigenvalue weighted by Crippen LogP contribution is -2.42. The van der Waals surface area contributed by atoms with Gasteiger partial charge in [0.25, 0.3) is 0 Å². The summed E-state index contributed by atoms with van der Waals surface area (Å²) in [7, 11) is 0. The summed E-state index contributed by atoms with van der Waals surface area (Å²) in [4.78, 5) is 23.4. The van der Waals surface area contributed by atoms with Crippen molar-refractivity contribution in [2.75, 3.05) is 0 Å². The predicted molar refractivity (Wildman–Crippen MR) is 88.8 cm³/mol. The van der Waals surface area contributed by atoms with Gasteiger partial charge in [-0.2, -0.15) is 0 Å². The Bertz CT molecular complexity index is 710. The SMILES string of the molecule is Cc1c(CC(=O)N[C@H](CC(C)C)C(=O)O)nnn1-c1ccccc1. The highest BCUT2D eigenvalue weighted by molar-refractivity contribution is 5.84. The van der Waals surface area contributed by atoms with E-state index >= 15 is 0 Å². The number of carboxylic acids is 1. The summed E-state index contributed by atoms with van der Waals surface area (Å²) in [6.45, 7) is 5.66. The highest BCUT2D eigenvalue weighted by Gasteiger charge is 2.22. The molecule has 0 aliphatic heterocycles. The Balaban J connectivity index is 2.07. The van der Waals surface area contributed by atoms with Crippen LogP contribution in [0.5, 0.6) is 0 Å². The van der Waals surface area contributed by atoms with Gasteiger partial charge in [0.05, 0.1) is 23.5 Å². The van der Waals surface area contributed by atoms with E-state index in [-0.39, 0.29) is 18.2 Å². The summed E-state index contributed by atoms with van der Waals surface area (Å²) < 4.78 is 1.66. The summed E-state index contributed by atoms with van der Waals surface area (Å²) in [5.41, 5.74) is 2.15.